The number of amidine groups is 1. The van der Waals surface area contributed by atoms with Crippen LogP contribution in [0, 0.1) is 18.2 Å². The minimum atomic E-state index is -0.571. The Balaban J connectivity index is 2.32. The van der Waals surface area contributed by atoms with Crippen LogP contribution >= 0.6 is 11.6 Å². The molecule has 0 radical (unpaired) electrons. The fourth-order valence-corrected chi connectivity index (χ4v) is 1.62. The standard InChI is InChI=1S/C13H11ClFN3O/c1-7-4-8(13(16)17)5-12(18-7)19-9-2-3-10(14)11(15)6-9/h2-6H,1H3,(H3,16,17). The average Bonchev–Trinajstić information content (AvgIpc) is 2.33. The SMILES string of the molecule is Cc1cc(C(=N)N)cc(Oc2ccc(Cl)c(F)c2)n1. The lowest BCUT2D eigenvalue weighted by Crippen LogP contribution is -2.11. The molecule has 0 saturated carbocycles. The van der Waals surface area contributed by atoms with E-state index in [1.165, 1.54) is 24.3 Å². The molecule has 0 aliphatic carbocycles. The van der Waals surface area contributed by atoms with Crippen LogP contribution in [0.15, 0.2) is 30.3 Å². The summed E-state index contributed by atoms with van der Waals surface area (Å²) in [6.45, 7) is 1.75. The zero-order chi connectivity index (χ0) is 14.0. The zero-order valence-corrected chi connectivity index (χ0v) is 10.8. The van der Waals surface area contributed by atoms with Crippen LogP contribution < -0.4 is 10.5 Å². The predicted octanol–water partition coefficient (Wildman–Crippen LogP) is 3.26. The number of aromatic nitrogens is 1. The summed E-state index contributed by atoms with van der Waals surface area (Å²) in [4.78, 5) is 4.13. The van der Waals surface area contributed by atoms with Crippen LogP contribution in [-0.2, 0) is 0 Å². The number of aryl methyl sites for hydroxylation is 1. The number of nitrogens with one attached hydrogen (secondary N) is 1. The van der Waals surface area contributed by atoms with Crippen LogP contribution in [0.25, 0.3) is 0 Å². The van der Waals surface area contributed by atoms with Crippen LogP contribution in [0.5, 0.6) is 11.6 Å². The molecule has 0 unspecified atom stereocenters. The van der Waals surface area contributed by atoms with Crippen LogP contribution in [-0.4, -0.2) is 10.8 Å². The van der Waals surface area contributed by atoms with Gasteiger partial charge in [-0.1, -0.05) is 11.6 Å². The molecular weight excluding hydrogens is 269 g/mol. The van der Waals surface area contributed by atoms with Gasteiger partial charge >= 0.3 is 0 Å². The molecule has 2 aromatic rings. The van der Waals surface area contributed by atoms with Crippen LogP contribution in [0.3, 0.4) is 0 Å². The van der Waals surface area contributed by atoms with Gasteiger partial charge in [0.15, 0.2) is 0 Å². The minimum Gasteiger partial charge on any atom is -0.439 e. The van der Waals surface area contributed by atoms with Crippen LogP contribution in [0.1, 0.15) is 11.3 Å². The third-order valence-corrected chi connectivity index (χ3v) is 2.66. The second-order valence-corrected chi connectivity index (χ2v) is 4.33. The second-order valence-electron chi connectivity index (χ2n) is 3.93. The summed E-state index contributed by atoms with van der Waals surface area (Å²) >= 11 is 5.58. The van der Waals surface area contributed by atoms with Crippen molar-refractivity contribution in [1.29, 1.82) is 5.41 Å². The highest BCUT2D eigenvalue weighted by molar-refractivity contribution is 6.30. The molecule has 0 saturated heterocycles. The van der Waals surface area contributed by atoms with Crippen LogP contribution in [0.4, 0.5) is 4.39 Å². The lowest BCUT2D eigenvalue weighted by atomic mass is 10.2. The van der Waals surface area contributed by atoms with Crippen molar-refractivity contribution in [2.24, 2.45) is 5.73 Å². The maximum Gasteiger partial charge on any atom is 0.220 e. The Labute approximate surface area is 114 Å². The van der Waals surface area contributed by atoms with E-state index in [0.29, 0.717) is 11.3 Å². The van der Waals surface area contributed by atoms with E-state index in [-0.39, 0.29) is 22.5 Å². The van der Waals surface area contributed by atoms with Gasteiger partial charge in [-0.3, -0.25) is 5.41 Å². The molecule has 1 aromatic carbocycles. The molecule has 0 aliphatic heterocycles. The van der Waals surface area contributed by atoms with Gasteiger partial charge in [0.1, 0.15) is 17.4 Å². The highest BCUT2D eigenvalue weighted by Gasteiger charge is 2.07. The van der Waals surface area contributed by atoms with Crippen molar-refractivity contribution >= 4 is 17.4 Å². The molecule has 0 spiro atoms. The van der Waals surface area contributed by atoms with E-state index >= 15 is 0 Å². The van der Waals surface area contributed by atoms with Crippen molar-refractivity contribution in [2.75, 3.05) is 0 Å². The number of nitrogens with zero attached hydrogens (tertiary/aromatic N) is 1. The summed E-state index contributed by atoms with van der Waals surface area (Å²) in [7, 11) is 0. The number of hydrogen-bond acceptors (Lipinski definition) is 3. The molecule has 0 fully saturated rings. The summed E-state index contributed by atoms with van der Waals surface area (Å²) in [5.74, 6) is -0.141. The first-order valence-corrected chi connectivity index (χ1v) is 5.79. The Morgan fingerprint density at radius 3 is 2.74 bits per heavy atom. The zero-order valence-electron chi connectivity index (χ0n) is 10.1. The quantitative estimate of drug-likeness (QED) is 0.669. The Morgan fingerprint density at radius 2 is 2.11 bits per heavy atom. The largest absolute Gasteiger partial charge is 0.439 e. The highest BCUT2D eigenvalue weighted by Crippen LogP contribution is 2.25. The third kappa shape index (κ3) is 3.20. The van der Waals surface area contributed by atoms with Gasteiger partial charge < -0.3 is 10.5 Å². The lowest BCUT2D eigenvalue weighted by Gasteiger charge is -2.08. The maximum atomic E-state index is 13.3. The van der Waals surface area contributed by atoms with E-state index in [4.69, 9.17) is 27.5 Å². The first kappa shape index (κ1) is 13.3. The number of pyridine rings is 1. The molecule has 1 heterocycles. The van der Waals surface area contributed by atoms with E-state index in [2.05, 4.69) is 4.98 Å². The Bertz CT molecular complexity index is 646. The molecular formula is C13H11ClFN3O. The lowest BCUT2D eigenvalue weighted by molar-refractivity contribution is 0.457. The molecule has 0 atom stereocenters. The summed E-state index contributed by atoms with van der Waals surface area (Å²) in [5, 5.41) is 7.41. The maximum absolute atomic E-state index is 13.3. The summed E-state index contributed by atoms with van der Waals surface area (Å²) in [5.41, 5.74) is 6.56. The van der Waals surface area contributed by atoms with E-state index in [1.54, 1.807) is 13.0 Å². The first-order chi connectivity index (χ1) is 8.95. The Hall–Kier alpha value is -2.14. The van der Waals surface area contributed by atoms with E-state index < -0.39 is 5.82 Å². The number of hydrogen-bond donors (Lipinski definition) is 2. The minimum absolute atomic E-state index is 0.0222. The van der Waals surface area contributed by atoms with Gasteiger partial charge in [-0.05, 0) is 25.1 Å². The normalized spacial score (nSPS) is 10.3. The number of rotatable bonds is 3. The molecule has 19 heavy (non-hydrogen) atoms. The number of benzene rings is 1. The molecule has 4 nitrogen and oxygen atoms in total. The highest BCUT2D eigenvalue weighted by atomic mass is 35.5. The Kier molecular flexibility index (Phi) is 3.66. The molecule has 98 valence electrons. The molecule has 0 amide bonds. The van der Waals surface area contributed by atoms with Crippen molar-refractivity contribution < 1.29 is 9.13 Å². The third-order valence-electron chi connectivity index (χ3n) is 2.35. The van der Waals surface area contributed by atoms with Crippen molar-refractivity contribution in [1.82, 2.24) is 4.98 Å². The van der Waals surface area contributed by atoms with Gasteiger partial charge in [0.05, 0.1) is 5.02 Å². The fraction of sp³-hybridized carbons (Fsp3) is 0.0769. The van der Waals surface area contributed by atoms with Crippen molar-refractivity contribution in [2.45, 2.75) is 6.92 Å². The van der Waals surface area contributed by atoms with Crippen molar-refractivity contribution in [3.63, 3.8) is 0 Å². The number of nitrogens with two attached hydrogens (primary N) is 1. The fourth-order valence-electron chi connectivity index (χ4n) is 1.51. The molecule has 6 heteroatoms. The van der Waals surface area contributed by atoms with E-state index in [0.717, 1.165) is 0 Å². The first-order valence-electron chi connectivity index (χ1n) is 5.41. The van der Waals surface area contributed by atoms with Gasteiger partial charge in [0.2, 0.25) is 5.88 Å². The summed E-state index contributed by atoms with van der Waals surface area (Å²) in [6, 6.07) is 7.27. The molecule has 2 rings (SSSR count). The predicted molar refractivity (Wildman–Crippen MR) is 71.5 cm³/mol. The second kappa shape index (κ2) is 5.24. The Morgan fingerprint density at radius 1 is 1.37 bits per heavy atom. The molecule has 1 aromatic heterocycles. The van der Waals surface area contributed by atoms with Crippen molar-refractivity contribution in [3.8, 4) is 11.6 Å². The molecule has 0 bridgehead atoms. The number of halogens is 2. The molecule has 0 aliphatic rings. The van der Waals surface area contributed by atoms with Gasteiger partial charge in [0.25, 0.3) is 0 Å². The summed E-state index contributed by atoms with van der Waals surface area (Å²) in [6.07, 6.45) is 0. The monoisotopic (exact) mass is 279 g/mol. The van der Waals surface area contributed by atoms with E-state index in [9.17, 15) is 4.39 Å². The average molecular weight is 280 g/mol. The van der Waals surface area contributed by atoms with Crippen molar-refractivity contribution in [3.05, 3.63) is 52.4 Å². The van der Waals surface area contributed by atoms with Gasteiger partial charge in [0, 0.05) is 23.4 Å². The summed E-state index contributed by atoms with van der Waals surface area (Å²) < 4.78 is 18.7. The van der Waals surface area contributed by atoms with Crippen LogP contribution in [0.2, 0.25) is 5.02 Å². The van der Waals surface area contributed by atoms with E-state index in [1.807, 2.05) is 0 Å². The topological polar surface area (TPSA) is 72.0 Å². The van der Waals surface area contributed by atoms with Gasteiger partial charge in [-0.15, -0.1) is 0 Å². The number of ether oxygens (including phenoxy) is 1. The molecule has 3 N–H and O–H groups in total. The van der Waals surface area contributed by atoms with Gasteiger partial charge in [-0.2, -0.15) is 0 Å². The number of nitrogen functional groups attached to an aromatic ring is 1. The van der Waals surface area contributed by atoms with Gasteiger partial charge in [-0.25, -0.2) is 9.37 Å². The smallest absolute Gasteiger partial charge is 0.220 e.